The molecule has 1 aliphatic heterocycles. The predicted molar refractivity (Wildman–Crippen MR) is 107 cm³/mol. The Bertz CT molecular complexity index is 1210. The van der Waals surface area contributed by atoms with E-state index in [2.05, 4.69) is 25.3 Å². The second-order valence-electron chi connectivity index (χ2n) is 7.42. The standard InChI is InChI=1S/C20H21N7O3/c1-12-5-6-14(30-12)16-17-18(24-19(21)23-16)27(26-25-17)11-13-3-2-4-15(22-13)20(28)7-9-29-10-8-20/h2-6,28H,7-11H2,1H3,(H2,21,23,24). The van der Waals surface area contributed by atoms with Crippen molar-refractivity contribution >= 4 is 17.1 Å². The van der Waals surface area contributed by atoms with Crippen molar-refractivity contribution in [3.8, 4) is 11.5 Å². The van der Waals surface area contributed by atoms with Crippen molar-refractivity contribution in [3.05, 3.63) is 47.5 Å². The highest BCUT2D eigenvalue weighted by molar-refractivity contribution is 5.86. The summed E-state index contributed by atoms with van der Waals surface area (Å²) in [4.78, 5) is 13.3. The Morgan fingerprint density at radius 1 is 1.13 bits per heavy atom. The molecule has 0 aromatic carbocycles. The third-order valence-corrected chi connectivity index (χ3v) is 5.27. The number of furan rings is 1. The molecule has 0 saturated carbocycles. The fourth-order valence-electron chi connectivity index (χ4n) is 3.66. The zero-order valence-corrected chi connectivity index (χ0v) is 16.4. The van der Waals surface area contributed by atoms with Crippen LogP contribution in [0, 0.1) is 6.92 Å². The average Bonchev–Trinajstić information content (AvgIpc) is 3.35. The van der Waals surface area contributed by atoms with E-state index < -0.39 is 5.60 Å². The van der Waals surface area contributed by atoms with E-state index in [9.17, 15) is 5.11 Å². The van der Waals surface area contributed by atoms with Crippen LogP contribution in [-0.2, 0) is 16.9 Å². The number of fused-ring (bicyclic) bond motifs is 1. The maximum Gasteiger partial charge on any atom is 0.222 e. The molecule has 5 rings (SSSR count). The number of nitrogens with two attached hydrogens (primary N) is 1. The summed E-state index contributed by atoms with van der Waals surface area (Å²) < 4.78 is 12.7. The first-order valence-corrected chi connectivity index (χ1v) is 9.72. The molecule has 1 fully saturated rings. The Kier molecular flexibility index (Phi) is 4.44. The quantitative estimate of drug-likeness (QED) is 0.518. The molecule has 0 spiro atoms. The smallest absolute Gasteiger partial charge is 0.222 e. The van der Waals surface area contributed by atoms with Gasteiger partial charge in [0.15, 0.2) is 16.9 Å². The average molecular weight is 407 g/mol. The zero-order chi connectivity index (χ0) is 20.7. The predicted octanol–water partition coefficient (Wildman–Crippen LogP) is 1.81. The van der Waals surface area contributed by atoms with Crippen LogP contribution in [0.3, 0.4) is 0 Å². The summed E-state index contributed by atoms with van der Waals surface area (Å²) in [5.74, 6) is 1.42. The Morgan fingerprint density at radius 3 is 2.73 bits per heavy atom. The fraction of sp³-hybridized carbons (Fsp3) is 0.350. The molecule has 0 radical (unpaired) electrons. The van der Waals surface area contributed by atoms with Crippen LogP contribution in [-0.4, -0.2) is 48.3 Å². The molecule has 4 aromatic heterocycles. The first kappa shape index (κ1) is 18.6. The summed E-state index contributed by atoms with van der Waals surface area (Å²) >= 11 is 0. The Labute approximate surface area is 171 Å². The van der Waals surface area contributed by atoms with E-state index in [-0.39, 0.29) is 5.95 Å². The van der Waals surface area contributed by atoms with Gasteiger partial charge < -0.3 is 20.0 Å². The number of aliphatic hydroxyl groups is 1. The molecule has 10 heteroatoms. The molecule has 0 aliphatic carbocycles. The minimum atomic E-state index is -0.977. The minimum Gasteiger partial charge on any atom is -0.460 e. The summed E-state index contributed by atoms with van der Waals surface area (Å²) in [5, 5.41) is 19.4. The third-order valence-electron chi connectivity index (χ3n) is 5.27. The first-order chi connectivity index (χ1) is 14.5. The third kappa shape index (κ3) is 3.29. The number of rotatable bonds is 4. The monoisotopic (exact) mass is 407 g/mol. The SMILES string of the molecule is Cc1ccc(-c2nc(N)nc3c2nnn3Cc2cccc(C3(O)CCOCC3)n2)o1. The largest absolute Gasteiger partial charge is 0.460 e. The summed E-state index contributed by atoms with van der Waals surface area (Å²) in [7, 11) is 0. The lowest BCUT2D eigenvalue weighted by atomic mass is 9.90. The summed E-state index contributed by atoms with van der Waals surface area (Å²) in [5.41, 5.74) is 7.80. The molecule has 1 saturated heterocycles. The van der Waals surface area contributed by atoms with Gasteiger partial charge in [0.25, 0.3) is 0 Å². The highest BCUT2D eigenvalue weighted by atomic mass is 16.5. The molecule has 0 bridgehead atoms. The molecule has 154 valence electrons. The number of nitrogens with zero attached hydrogens (tertiary/aromatic N) is 6. The van der Waals surface area contributed by atoms with Crippen LogP contribution >= 0.6 is 0 Å². The number of ether oxygens (including phenoxy) is 1. The van der Waals surface area contributed by atoms with Gasteiger partial charge in [0.05, 0.1) is 17.9 Å². The number of hydrogen-bond acceptors (Lipinski definition) is 9. The molecule has 0 atom stereocenters. The van der Waals surface area contributed by atoms with Crippen LogP contribution in [0.5, 0.6) is 0 Å². The van der Waals surface area contributed by atoms with E-state index >= 15 is 0 Å². The fourth-order valence-corrected chi connectivity index (χ4v) is 3.66. The summed E-state index contributed by atoms with van der Waals surface area (Å²) in [6.45, 7) is 3.21. The second-order valence-corrected chi connectivity index (χ2v) is 7.42. The van der Waals surface area contributed by atoms with Gasteiger partial charge >= 0.3 is 0 Å². The number of anilines is 1. The number of aryl methyl sites for hydroxylation is 1. The second kappa shape index (κ2) is 7.15. The molecule has 10 nitrogen and oxygen atoms in total. The first-order valence-electron chi connectivity index (χ1n) is 9.72. The molecule has 1 aliphatic rings. The van der Waals surface area contributed by atoms with Crippen molar-refractivity contribution in [1.29, 1.82) is 0 Å². The molecular weight excluding hydrogens is 386 g/mol. The maximum atomic E-state index is 10.9. The van der Waals surface area contributed by atoms with Gasteiger partial charge in [-0.25, -0.2) is 9.67 Å². The van der Waals surface area contributed by atoms with Gasteiger partial charge in [0.2, 0.25) is 5.95 Å². The van der Waals surface area contributed by atoms with Gasteiger partial charge in [-0.05, 0) is 31.2 Å². The van der Waals surface area contributed by atoms with Crippen LogP contribution in [0.1, 0.15) is 30.0 Å². The van der Waals surface area contributed by atoms with Crippen molar-refractivity contribution in [2.45, 2.75) is 31.9 Å². The lowest BCUT2D eigenvalue weighted by Gasteiger charge is -2.31. The van der Waals surface area contributed by atoms with E-state index in [0.717, 1.165) is 11.5 Å². The zero-order valence-electron chi connectivity index (χ0n) is 16.4. The Morgan fingerprint density at radius 2 is 1.97 bits per heavy atom. The van der Waals surface area contributed by atoms with Gasteiger partial charge in [0.1, 0.15) is 17.1 Å². The molecular formula is C20H21N7O3. The van der Waals surface area contributed by atoms with Crippen LogP contribution < -0.4 is 5.73 Å². The molecule has 5 heterocycles. The topological polar surface area (TPSA) is 138 Å². The van der Waals surface area contributed by atoms with E-state index in [1.54, 1.807) is 4.68 Å². The number of hydrogen-bond donors (Lipinski definition) is 2. The van der Waals surface area contributed by atoms with E-state index in [1.807, 2.05) is 37.3 Å². The summed E-state index contributed by atoms with van der Waals surface area (Å²) in [6, 6.07) is 9.26. The minimum absolute atomic E-state index is 0.105. The highest BCUT2D eigenvalue weighted by Crippen LogP contribution is 2.31. The van der Waals surface area contributed by atoms with Gasteiger partial charge in [-0.15, -0.1) is 5.10 Å². The van der Waals surface area contributed by atoms with Gasteiger partial charge in [-0.2, -0.15) is 4.98 Å². The van der Waals surface area contributed by atoms with Crippen molar-refractivity contribution in [2.24, 2.45) is 0 Å². The van der Waals surface area contributed by atoms with Gasteiger partial charge in [0, 0.05) is 26.1 Å². The molecule has 0 unspecified atom stereocenters. The van der Waals surface area contributed by atoms with Crippen molar-refractivity contribution in [3.63, 3.8) is 0 Å². The van der Waals surface area contributed by atoms with Crippen LogP contribution in [0.4, 0.5) is 5.95 Å². The number of nitrogen functional groups attached to an aromatic ring is 1. The van der Waals surface area contributed by atoms with Gasteiger partial charge in [-0.1, -0.05) is 11.3 Å². The Hall–Kier alpha value is -3.37. The van der Waals surface area contributed by atoms with Crippen LogP contribution in [0.15, 0.2) is 34.7 Å². The van der Waals surface area contributed by atoms with Crippen molar-refractivity contribution < 1.29 is 14.3 Å². The number of aromatic nitrogens is 6. The summed E-state index contributed by atoms with van der Waals surface area (Å²) in [6.07, 6.45) is 1.04. The Balaban J connectivity index is 1.51. The highest BCUT2D eigenvalue weighted by Gasteiger charge is 2.33. The lowest BCUT2D eigenvalue weighted by Crippen LogP contribution is -2.34. The van der Waals surface area contributed by atoms with Crippen molar-refractivity contribution in [1.82, 2.24) is 29.9 Å². The lowest BCUT2D eigenvalue weighted by molar-refractivity contribution is -0.0706. The normalized spacial score (nSPS) is 16.2. The number of pyridine rings is 1. The van der Waals surface area contributed by atoms with Crippen molar-refractivity contribution in [2.75, 3.05) is 18.9 Å². The molecule has 3 N–H and O–H groups in total. The van der Waals surface area contributed by atoms with E-state index in [0.29, 0.717) is 60.9 Å². The van der Waals surface area contributed by atoms with Crippen LogP contribution in [0.2, 0.25) is 0 Å². The van der Waals surface area contributed by atoms with E-state index in [1.165, 1.54) is 0 Å². The van der Waals surface area contributed by atoms with Gasteiger partial charge in [-0.3, -0.25) is 4.98 Å². The molecule has 4 aromatic rings. The molecule has 30 heavy (non-hydrogen) atoms. The van der Waals surface area contributed by atoms with E-state index in [4.69, 9.17) is 14.9 Å². The molecule has 0 amide bonds. The maximum absolute atomic E-state index is 10.9. The van der Waals surface area contributed by atoms with Crippen LogP contribution in [0.25, 0.3) is 22.6 Å².